The van der Waals surface area contributed by atoms with E-state index in [4.69, 9.17) is 4.74 Å². The summed E-state index contributed by atoms with van der Waals surface area (Å²) in [7, 11) is 2.72. The minimum Gasteiger partial charge on any atom is -0.372 e. The summed E-state index contributed by atoms with van der Waals surface area (Å²) in [6, 6.07) is 12.5. The van der Waals surface area contributed by atoms with Crippen LogP contribution in [0, 0.1) is 0 Å². The van der Waals surface area contributed by atoms with Gasteiger partial charge in [0, 0.05) is 20.2 Å². The lowest BCUT2D eigenvalue weighted by Crippen LogP contribution is -2.26. The van der Waals surface area contributed by atoms with E-state index in [2.05, 4.69) is 15.4 Å². The number of benzene rings is 3. The van der Waals surface area contributed by atoms with Crippen molar-refractivity contribution in [3.63, 3.8) is 0 Å². The van der Waals surface area contributed by atoms with Crippen molar-refractivity contribution in [1.82, 2.24) is 20.2 Å². The molecule has 0 amide bonds. The van der Waals surface area contributed by atoms with Gasteiger partial charge in [-0.05, 0) is 57.8 Å². The smallest absolute Gasteiger partial charge is 0.372 e. The number of aromatic nitrogens is 4. The molecule has 224 valence electrons. The maximum atomic E-state index is 13.7. The van der Waals surface area contributed by atoms with E-state index in [0.717, 1.165) is 21.8 Å². The minimum absolute atomic E-state index is 0.0115. The number of methoxy groups -OCH3 is 1. The number of tetrazole rings is 1. The van der Waals surface area contributed by atoms with Gasteiger partial charge in [0.2, 0.25) is 0 Å². The maximum Gasteiger partial charge on any atom is 0.416 e. The van der Waals surface area contributed by atoms with Gasteiger partial charge in [-0.15, -0.1) is 5.10 Å². The van der Waals surface area contributed by atoms with Crippen molar-refractivity contribution in [2.45, 2.75) is 37.7 Å². The molecule has 1 aromatic heterocycles. The van der Waals surface area contributed by atoms with E-state index in [1.165, 1.54) is 20.2 Å². The van der Waals surface area contributed by atoms with Gasteiger partial charge in [-0.25, -0.2) is 0 Å². The summed E-state index contributed by atoms with van der Waals surface area (Å²) in [5.41, 5.74) is -3.62. The second-order valence-corrected chi connectivity index (χ2v) is 9.29. The molecule has 0 unspecified atom stereocenters. The topological polar surface area (TPSA) is 56.1 Å². The first kappa shape index (κ1) is 30.8. The molecule has 0 spiro atoms. The van der Waals surface area contributed by atoms with Crippen LogP contribution in [0.5, 0.6) is 0 Å². The highest BCUT2D eigenvalue weighted by molar-refractivity contribution is 5.44. The zero-order valence-corrected chi connectivity index (χ0v) is 21.9. The molecule has 6 nitrogen and oxygen atoms in total. The van der Waals surface area contributed by atoms with E-state index in [1.807, 2.05) is 0 Å². The lowest BCUT2D eigenvalue weighted by Gasteiger charge is -2.26. The van der Waals surface area contributed by atoms with Crippen LogP contribution in [0.25, 0.3) is 0 Å². The number of rotatable bonds is 8. The maximum absolute atomic E-state index is 13.7. The molecule has 0 radical (unpaired) electrons. The van der Waals surface area contributed by atoms with Gasteiger partial charge in [-0.3, -0.25) is 0 Å². The number of anilines is 1. The predicted octanol–water partition coefficient (Wildman–Crippen LogP) is 7.21. The summed E-state index contributed by atoms with van der Waals surface area (Å²) in [6.45, 7) is -1.08. The van der Waals surface area contributed by atoms with Crippen LogP contribution >= 0.6 is 0 Å². The fourth-order valence-electron chi connectivity index (χ4n) is 4.38. The SMILES string of the molecule is CO[C@@H](c1ccccc1)c1ccc(C(F)(F)F)cc1CN(Cc1cc(C(F)(F)F)cc(C(F)(F)F)c1)c1nnn(C)n1. The third-order valence-corrected chi connectivity index (χ3v) is 6.25. The largest absolute Gasteiger partial charge is 0.416 e. The van der Waals surface area contributed by atoms with Crippen molar-refractivity contribution in [2.75, 3.05) is 12.0 Å². The zero-order chi connectivity index (χ0) is 30.9. The molecule has 3 aromatic carbocycles. The Morgan fingerprint density at radius 2 is 1.36 bits per heavy atom. The Morgan fingerprint density at radius 1 is 0.762 bits per heavy atom. The number of nitrogens with zero attached hydrogens (tertiary/aromatic N) is 5. The zero-order valence-electron chi connectivity index (χ0n) is 21.9. The Kier molecular flexibility index (Phi) is 8.53. The summed E-state index contributed by atoms with van der Waals surface area (Å²) >= 11 is 0. The van der Waals surface area contributed by atoms with E-state index in [9.17, 15) is 39.5 Å². The Balaban J connectivity index is 1.85. The molecule has 4 rings (SSSR count). The normalized spacial score (nSPS) is 13.3. The highest BCUT2D eigenvalue weighted by atomic mass is 19.4. The van der Waals surface area contributed by atoms with Crippen LogP contribution in [0.1, 0.15) is 45.0 Å². The third kappa shape index (κ3) is 7.19. The van der Waals surface area contributed by atoms with Crippen LogP contribution in [0.15, 0.2) is 66.7 Å². The van der Waals surface area contributed by atoms with Gasteiger partial charge in [0.05, 0.1) is 23.7 Å². The summed E-state index contributed by atoms with van der Waals surface area (Å²) < 4.78 is 128. The number of ether oxygens (including phenoxy) is 1. The Hall–Kier alpha value is -4.14. The van der Waals surface area contributed by atoms with Gasteiger partial charge in [0.25, 0.3) is 5.95 Å². The first-order valence-electron chi connectivity index (χ1n) is 12.1. The average Bonchev–Trinajstić information content (AvgIpc) is 3.34. The molecule has 0 aliphatic heterocycles. The van der Waals surface area contributed by atoms with Crippen molar-refractivity contribution in [1.29, 1.82) is 0 Å². The quantitative estimate of drug-likeness (QED) is 0.199. The molecule has 0 aliphatic rings. The molecule has 4 aromatic rings. The first-order chi connectivity index (χ1) is 19.6. The lowest BCUT2D eigenvalue weighted by molar-refractivity contribution is -0.143. The lowest BCUT2D eigenvalue weighted by atomic mass is 9.94. The van der Waals surface area contributed by atoms with E-state index >= 15 is 0 Å². The van der Waals surface area contributed by atoms with Crippen LogP contribution in [-0.2, 0) is 43.4 Å². The van der Waals surface area contributed by atoms with Crippen molar-refractivity contribution in [3.8, 4) is 0 Å². The summed E-state index contributed by atoms with van der Waals surface area (Å²) in [5.74, 6) is -0.236. The molecular weight excluding hydrogens is 581 g/mol. The van der Waals surface area contributed by atoms with Gasteiger partial charge >= 0.3 is 18.5 Å². The number of hydrogen-bond donors (Lipinski definition) is 0. The standard InChI is InChI=1S/C27H22F9N5O/c1-40-38-24(37-39-40)41(14-16-10-20(26(31,32)33)13-21(11-16)27(34,35)36)15-18-12-19(25(28,29)30)8-9-22(18)23(42-2)17-6-4-3-5-7-17/h3-13,23H,14-15H2,1-2H3/t23-/m0/s1. The molecule has 0 aliphatic carbocycles. The molecule has 42 heavy (non-hydrogen) atoms. The monoisotopic (exact) mass is 603 g/mol. The first-order valence-corrected chi connectivity index (χ1v) is 12.1. The van der Waals surface area contributed by atoms with Crippen LogP contribution in [0.3, 0.4) is 0 Å². The Bertz CT molecular complexity index is 1480. The summed E-state index contributed by atoms with van der Waals surface area (Å²) in [5, 5.41) is 11.5. The Morgan fingerprint density at radius 3 is 1.86 bits per heavy atom. The van der Waals surface area contributed by atoms with Gasteiger partial charge < -0.3 is 9.64 Å². The molecule has 0 N–H and O–H groups in total. The van der Waals surface area contributed by atoms with E-state index < -0.39 is 60.0 Å². The van der Waals surface area contributed by atoms with E-state index in [0.29, 0.717) is 17.7 Å². The molecule has 1 atom stereocenters. The second kappa shape index (κ2) is 11.6. The molecular formula is C27H22F9N5O. The van der Waals surface area contributed by atoms with E-state index in [-0.39, 0.29) is 23.1 Å². The average molecular weight is 603 g/mol. The molecule has 1 heterocycles. The van der Waals surface area contributed by atoms with Gasteiger partial charge in [0.1, 0.15) is 6.10 Å². The van der Waals surface area contributed by atoms with Gasteiger partial charge in [0.15, 0.2) is 0 Å². The minimum atomic E-state index is -5.10. The van der Waals surface area contributed by atoms with E-state index in [1.54, 1.807) is 30.3 Å². The Labute approximate surface area is 233 Å². The fourth-order valence-corrected chi connectivity index (χ4v) is 4.38. The third-order valence-electron chi connectivity index (χ3n) is 6.25. The molecule has 0 fully saturated rings. The number of halogens is 9. The van der Waals surface area contributed by atoms with Crippen molar-refractivity contribution in [3.05, 3.63) is 106 Å². The molecule has 0 bridgehead atoms. The molecule has 15 heteroatoms. The van der Waals surface area contributed by atoms with Crippen molar-refractivity contribution in [2.24, 2.45) is 7.05 Å². The summed E-state index contributed by atoms with van der Waals surface area (Å²) in [4.78, 5) is 2.13. The molecule has 0 saturated heterocycles. The summed E-state index contributed by atoms with van der Waals surface area (Å²) in [6.07, 6.45) is -15.8. The van der Waals surface area contributed by atoms with Crippen LogP contribution < -0.4 is 4.90 Å². The second-order valence-electron chi connectivity index (χ2n) is 9.29. The van der Waals surface area contributed by atoms with Crippen LogP contribution in [-0.4, -0.2) is 27.3 Å². The van der Waals surface area contributed by atoms with Crippen LogP contribution in [0.4, 0.5) is 45.5 Å². The van der Waals surface area contributed by atoms with Gasteiger partial charge in [-0.1, -0.05) is 41.5 Å². The van der Waals surface area contributed by atoms with Crippen molar-refractivity contribution < 1.29 is 44.3 Å². The fraction of sp³-hybridized carbons (Fsp3) is 0.296. The highest BCUT2D eigenvalue weighted by Gasteiger charge is 2.37. The highest BCUT2D eigenvalue weighted by Crippen LogP contribution is 2.38. The number of hydrogen-bond acceptors (Lipinski definition) is 5. The van der Waals surface area contributed by atoms with Gasteiger partial charge in [-0.2, -0.15) is 44.3 Å². The molecule has 0 saturated carbocycles. The van der Waals surface area contributed by atoms with Crippen molar-refractivity contribution >= 4 is 5.95 Å². The number of aryl methyl sites for hydroxylation is 1. The predicted molar refractivity (Wildman–Crippen MR) is 132 cm³/mol. The number of alkyl halides is 9. The van der Waals surface area contributed by atoms with Crippen LogP contribution in [0.2, 0.25) is 0 Å².